The summed E-state index contributed by atoms with van der Waals surface area (Å²) in [6.07, 6.45) is 8.49. The van der Waals surface area contributed by atoms with Crippen molar-refractivity contribution in [3.63, 3.8) is 0 Å². The highest BCUT2D eigenvalue weighted by Crippen LogP contribution is 2.34. The zero-order valence-electron chi connectivity index (χ0n) is 23.2. The van der Waals surface area contributed by atoms with E-state index in [-0.39, 0.29) is 24.4 Å². The molecule has 1 amide bonds. The average Bonchev–Trinajstić information content (AvgIpc) is 2.96. The van der Waals surface area contributed by atoms with E-state index >= 15 is 0 Å². The summed E-state index contributed by atoms with van der Waals surface area (Å²) in [5, 5.41) is 4.12. The van der Waals surface area contributed by atoms with E-state index in [0.717, 1.165) is 28.9 Å². The number of esters is 1. The Bertz CT molecular complexity index is 1250. The molecule has 0 saturated heterocycles. The average molecular weight is 549 g/mol. The number of allylic oxidation sites excluding steroid dienone is 4. The van der Waals surface area contributed by atoms with Crippen LogP contribution >= 0.6 is 0 Å². The van der Waals surface area contributed by atoms with Gasteiger partial charge in [-0.1, -0.05) is 41.6 Å². The lowest BCUT2D eigenvalue weighted by Crippen LogP contribution is -2.41. The molecule has 0 radical (unpaired) electrons. The van der Waals surface area contributed by atoms with E-state index in [1.165, 1.54) is 0 Å². The first kappa shape index (κ1) is 28.9. The van der Waals surface area contributed by atoms with Crippen molar-refractivity contribution in [3.8, 4) is 11.5 Å². The number of benzene rings is 2. The molecule has 2 atom stereocenters. The molecule has 40 heavy (non-hydrogen) atoms. The summed E-state index contributed by atoms with van der Waals surface area (Å²) >= 11 is 0. The number of carbonyl (C=O) groups is 2. The Balaban J connectivity index is 1.34. The standard InChI is InChI=1S/C31H36N2O7/c1-4-37-29(31(35)38-5-2)19-22-10-13-25(14-11-22)39-17-16-33-27-15-12-23(20-28(27)40-21-30(33)34)18-24-8-6-7-9-26(24)32-36-3/h6-15,20,24,29H,4-5,16-19,21H2,1-3H3. The van der Waals surface area contributed by atoms with Gasteiger partial charge in [-0.15, -0.1) is 0 Å². The molecule has 212 valence electrons. The van der Waals surface area contributed by atoms with Crippen molar-refractivity contribution in [2.45, 2.75) is 32.8 Å². The number of oxime groups is 1. The van der Waals surface area contributed by atoms with Crippen LogP contribution in [0.15, 0.2) is 71.9 Å². The molecule has 4 rings (SSSR count). The summed E-state index contributed by atoms with van der Waals surface area (Å²) in [6.45, 7) is 5.04. The maximum atomic E-state index is 12.7. The Morgan fingerprint density at radius 2 is 1.90 bits per heavy atom. The number of hydrogen-bond acceptors (Lipinski definition) is 8. The van der Waals surface area contributed by atoms with Crippen molar-refractivity contribution in [1.29, 1.82) is 0 Å². The number of amides is 1. The fraction of sp³-hybridized carbons (Fsp3) is 0.387. The molecular formula is C31H36N2O7. The van der Waals surface area contributed by atoms with Crippen LogP contribution in [0.4, 0.5) is 5.69 Å². The van der Waals surface area contributed by atoms with Gasteiger partial charge in [0.05, 0.1) is 24.6 Å². The Kier molecular flexibility index (Phi) is 10.3. The molecule has 2 aromatic rings. The van der Waals surface area contributed by atoms with Crippen LogP contribution in [-0.4, -0.2) is 63.8 Å². The Labute approximate surface area is 235 Å². The number of rotatable bonds is 13. The molecule has 1 heterocycles. The highest BCUT2D eigenvalue weighted by molar-refractivity contribution is 5.99. The predicted octanol–water partition coefficient (Wildman–Crippen LogP) is 4.29. The van der Waals surface area contributed by atoms with Crippen molar-refractivity contribution in [2.24, 2.45) is 11.1 Å². The molecule has 0 saturated carbocycles. The maximum absolute atomic E-state index is 12.7. The highest BCUT2D eigenvalue weighted by atomic mass is 16.6. The molecule has 9 heteroatoms. The van der Waals surface area contributed by atoms with Crippen LogP contribution in [-0.2, 0) is 36.7 Å². The topological polar surface area (TPSA) is 95.9 Å². The van der Waals surface area contributed by atoms with Crippen LogP contribution in [0.1, 0.15) is 25.0 Å². The summed E-state index contributed by atoms with van der Waals surface area (Å²) in [6, 6.07) is 13.4. The maximum Gasteiger partial charge on any atom is 0.335 e. The smallest absolute Gasteiger partial charge is 0.335 e. The summed E-state index contributed by atoms with van der Waals surface area (Å²) < 4.78 is 22.4. The number of nitrogens with zero attached hydrogens (tertiary/aromatic N) is 2. The van der Waals surface area contributed by atoms with E-state index in [1.54, 1.807) is 18.9 Å². The molecular weight excluding hydrogens is 512 g/mol. The van der Waals surface area contributed by atoms with E-state index in [4.69, 9.17) is 23.8 Å². The Morgan fingerprint density at radius 3 is 2.65 bits per heavy atom. The number of carbonyl (C=O) groups excluding carboxylic acids is 2. The first-order chi connectivity index (χ1) is 19.5. The Hall–Kier alpha value is -4.11. The summed E-state index contributed by atoms with van der Waals surface area (Å²) in [4.78, 5) is 31.5. The van der Waals surface area contributed by atoms with Crippen molar-refractivity contribution in [1.82, 2.24) is 0 Å². The second-order valence-corrected chi connectivity index (χ2v) is 9.28. The fourth-order valence-electron chi connectivity index (χ4n) is 4.66. The molecule has 0 spiro atoms. The fourth-order valence-corrected chi connectivity index (χ4v) is 4.66. The molecule has 0 fully saturated rings. The summed E-state index contributed by atoms with van der Waals surface area (Å²) in [5.74, 6) is 0.967. The quantitative estimate of drug-likeness (QED) is 0.272. The minimum absolute atomic E-state index is 0.0188. The van der Waals surface area contributed by atoms with E-state index in [1.807, 2.05) is 67.6 Å². The van der Waals surface area contributed by atoms with E-state index in [2.05, 4.69) is 11.2 Å². The molecule has 0 aromatic heterocycles. The van der Waals surface area contributed by atoms with Crippen LogP contribution in [0.5, 0.6) is 11.5 Å². The van der Waals surface area contributed by atoms with Gasteiger partial charge in [0, 0.05) is 18.9 Å². The minimum atomic E-state index is -0.638. The summed E-state index contributed by atoms with van der Waals surface area (Å²) in [5.41, 5.74) is 3.60. The molecule has 2 aromatic carbocycles. The number of anilines is 1. The van der Waals surface area contributed by atoms with Gasteiger partial charge in [-0.25, -0.2) is 4.79 Å². The van der Waals surface area contributed by atoms with Gasteiger partial charge in [-0.2, -0.15) is 0 Å². The molecule has 1 aliphatic carbocycles. The molecule has 2 aliphatic rings. The zero-order chi connectivity index (χ0) is 28.3. The zero-order valence-corrected chi connectivity index (χ0v) is 23.2. The van der Waals surface area contributed by atoms with Gasteiger partial charge >= 0.3 is 5.97 Å². The highest BCUT2D eigenvalue weighted by Gasteiger charge is 2.26. The molecule has 0 N–H and O–H groups in total. The lowest BCUT2D eigenvalue weighted by atomic mass is 9.91. The molecule has 2 unspecified atom stereocenters. The SMILES string of the molecule is CCOC(=O)C(Cc1ccc(OCCN2C(=O)COc3cc(CC4C=CC=CC4=NOC)ccc32)cc1)OCC. The second kappa shape index (κ2) is 14.3. The largest absolute Gasteiger partial charge is 0.492 e. The normalized spacial score (nSPS) is 17.8. The van der Waals surface area contributed by atoms with Crippen LogP contribution < -0.4 is 14.4 Å². The van der Waals surface area contributed by atoms with Crippen molar-refractivity contribution in [3.05, 3.63) is 77.9 Å². The first-order valence-electron chi connectivity index (χ1n) is 13.5. The Morgan fingerprint density at radius 1 is 1.10 bits per heavy atom. The van der Waals surface area contributed by atoms with Crippen LogP contribution in [0, 0.1) is 5.92 Å². The monoisotopic (exact) mass is 548 g/mol. The lowest BCUT2D eigenvalue weighted by Gasteiger charge is -2.30. The second-order valence-electron chi connectivity index (χ2n) is 9.28. The molecule has 1 aliphatic heterocycles. The predicted molar refractivity (Wildman–Crippen MR) is 152 cm³/mol. The third kappa shape index (κ3) is 7.51. The van der Waals surface area contributed by atoms with Crippen molar-refractivity contribution < 1.29 is 33.4 Å². The van der Waals surface area contributed by atoms with Gasteiger partial charge in [0.15, 0.2) is 12.7 Å². The third-order valence-corrected chi connectivity index (χ3v) is 6.57. The lowest BCUT2D eigenvalue weighted by molar-refractivity contribution is -0.156. The number of fused-ring (bicyclic) bond motifs is 1. The van der Waals surface area contributed by atoms with Crippen molar-refractivity contribution in [2.75, 3.05) is 45.0 Å². The van der Waals surface area contributed by atoms with Crippen molar-refractivity contribution >= 4 is 23.3 Å². The van der Waals surface area contributed by atoms with Gasteiger partial charge in [-0.3, -0.25) is 4.79 Å². The van der Waals surface area contributed by atoms with E-state index < -0.39 is 6.10 Å². The minimum Gasteiger partial charge on any atom is -0.492 e. The van der Waals surface area contributed by atoms with Gasteiger partial charge in [0.25, 0.3) is 5.91 Å². The van der Waals surface area contributed by atoms with Gasteiger partial charge in [0.2, 0.25) is 0 Å². The third-order valence-electron chi connectivity index (χ3n) is 6.57. The number of hydrogen-bond donors (Lipinski definition) is 0. The first-order valence-corrected chi connectivity index (χ1v) is 13.5. The van der Waals surface area contributed by atoms with Crippen LogP contribution in [0.2, 0.25) is 0 Å². The van der Waals surface area contributed by atoms with Gasteiger partial charge in [-0.05, 0) is 61.7 Å². The summed E-state index contributed by atoms with van der Waals surface area (Å²) in [7, 11) is 1.54. The van der Waals surface area contributed by atoms with E-state index in [0.29, 0.717) is 44.3 Å². The molecule has 0 bridgehead atoms. The molecule has 9 nitrogen and oxygen atoms in total. The van der Waals surface area contributed by atoms with Gasteiger partial charge in [0.1, 0.15) is 25.2 Å². The van der Waals surface area contributed by atoms with Gasteiger partial charge < -0.3 is 28.7 Å². The van der Waals surface area contributed by atoms with E-state index in [9.17, 15) is 9.59 Å². The number of ether oxygens (including phenoxy) is 4. The van der Waals surface area contributed by atoms with Crippen LogP contribution in [0.25, 0.3) is 0 Å². The van der Waals surface area contributed by atoms with Crippen LogP contribution in [0.3, 0.4) is 0 Å².